The number of anilines is 1. The molecule has 1 aliphatic heterocycles. The topological polar surface area (TPSA) is 54.9 Å². The lowest BCUT2D eigenvalue weighted by Gasteiger charge is -2.35. The highest BCUT2D eigenvalue weighted by molar-refractivity contribution is 5.68. The van der Waals surface area contributed by atoms with Crippen molar-refractivity contribution >= 4 is 11.9 Å². The first-order chi connectivity index (χ1) is 10.4. The molecule has 0 aromatic carbocycles. The first-order valence-corrected chi connectivity index (χ1v) is 7.57. The monoisotopic (exact) mass is 307 g/mol. The average Bonchev–Trinajstić information content (AvgIpc) is 2.52. The predicted molar refractivity (Wildman–Crippen MR) is 85.4 cm³/mol. The van der Waals surface area contributed by atoms with Crippen molar-refractivity contribution in [3.63, 3.8) is 0 Å². The Morgan fingerprint density at radius 2 is 1.91 bits per heavy atom. The van der Waals surface area contributed by atoms with Crippen LogP contribution in [0.2, 0.25) is 0 Å². The minimum atomic E-state index is -0.229. The van der Waals surface area contributed by atoms with Gasteiger partial charge in [0.15, 0.2) is 0 Å². The van der Waals surface area contributed by atoms with E-state index in [-0.39, 0.29) is 11.5 Å². The Hall–Kier alpha value is -1.98. The Balaban J connectivity index is 1.86. The minimum absolute atomic E-state index is 0.0119. The number of hydrogen-bond acceptors (Lipinski definition) is 5. The van der Waals surface area contributed by atoms with Crippen molar-refractivity contribution in [2.75, 3.05) is 44.8 Å². The molecule has 1 aromatic rings. The third-order valence-corrected chi connectivity index (χ3v) is 3.41. The van der Waals surface area contributed by atoms with Gasteiger partial charge in [0, 0.05) is 32.2 Å². The van der Waals surface area contributed by atoms with E-state index < -0.39 is 0 Å². The molecule has 0 spiro atoms. The van der Waals surface area contributed by atoms with Gasteiger partial charge >= 0.3 is 6.09 Å². The van der Waals surface area contributed by atoms with Crippen LogP contribution in [0.15, 0.2) is 18.2 Å². The zero-order valence-electron chi connectivity index (χ0n) is 13.8. The van der Waals surface area contributed by atoms with Crippen LogP contribution in [0, 0.1) is 5.41 Å². The van der Waals surface area contributed by atoms with Crippen molar-refractivity contribution in [1.29, 1.82) is 0 Å². The van der Waals surface area contributed by atoms with Gasteiger partial charge in [0.05, 0.1) is 13.7 Å². The molecular formula is C16H25N3O3. The van der Waals surface area contributed by atoms with Crippen LogP contribution in [0.4, 0.5) is 10.6 Å². The summed E-state index contributed by atoms with van der Waals surface area (Å²) in [5, 5.41) is 0. The molecule has 1 amide bonds. The fraction of sp³-hybridized carbons (Fsp3) is 0.625. The predicted octanol–water partition coefficient (Wildman–Crippen LogP) is 2.39. The number of piperazine rings is 1. The maximum absolute atomic E-state index is 12.0. The number of nitrogens with zero attached hydrogens (tertiary/aromatic N) is 3. The van der Waals surface area contributed by atoms with Crippen LogP contribution in [0.3, 0.4) is 0 Å². The first kappa shape index (κ1) is 16.4. The summed E-state index contributed by atoms with van der Waals surface area (Å²) in [7, 11) is 1.61. The van der Waals surface area contributed by atoms with Crippen LogP contribution < -0.4 is 9.64 Å². The summed E-state index contributed by atoms with van der Waals surface area (Å²) in [5.74, 6) is 1.48. The largest absolute Gasteiger partial charge is 0.481 e. The van der Waals surface area contributed by atoms with Crippen LogP contribution in [-0.4, -0.2) is 55.9 Å². The molecule has 0 unspecified atom stereocenters. The normalized spacial score (nSPS) is 15.6. The van der Waals surface area contributed by atoms with Crippen LogP contribution >= 0.6 is 0 Å². The quantitative estimate of drug-likeness (QED) is 0.858. The maximum atomic E-state index is 12.0. The molecule has 2 rings (SSSR count). The van der Waals surface area contributed by atoms with Crippen molar-refractivity contribution in [3.8, 4) is 5.88 Å². The molecule has 0 aliphatic carbocycles. The number of carbonyl (C=O) groups excluding carboxylic acids is 1. The summed E-state index contributed by atoms with van der Waals surface area (Å²) < 4.78 is 10.5. The van der Waals surface area contributed by atoms with Gasteiger partial charge in [0.1, 0.15) is 5.82 Å². The molecule has 22 heavy (non-hydrogen) atoms. The molecule has 6 heteroatoms. The molecule has 6 nitrogen and oxygen atoms in total. The molecular weight excluding hydrogens is 282 g/mol. The van der Waals surface area contributed by atoms with Crippen LogP contribution in [0.25, 0.3) is 0 Å². The summed E-state index contributed by atoms with van der Waals surface area (Å²) in [6, 6.07) is 5.70. The standard InChI is InChI=1S/C16H25N3O3/c1-16(2,3)12-22-15(20)19-10-8-18(9-11-19)13-6-5-7-14(17-13)21-4/h5-7H,8-12H2,1-4H3. The second-order valence-electron chi connectivity index (χ2n) is 6.63. The number of pyridine rings is 1. The minimum Gasteiger partial charge on any atom is -0.481 e. The summed E-state index contributed by atoms with van der Waals surface area (Å²) in [4.78, 5) is 20.4. The highest BCUT2D eigenvalue weighted by Crippen LogP contribution is 2.18. The lowest BCUT2D eigenvalue weighted by molar-refractivity contribution is 0.0707. The van der Waals surface area contributed by atoms with Crippen LogP contribution in [-0.2, 0) is 4.74 Å². The Bertz CT molecular complexity index is 506. The Labute approximate surface area is 132 Å². The summed E-state index contributed by atoms with van der Waals surface area (Å²) in [6.07, 6.45) is -0.229. The number of rotatable bonds is 3. The molecule has 0 radical (unpaired) electrons. The number of amides is 1. The van der Waals surface area contributed by atoms with Gasteiger partial charge in [-0.3, -0.25) is 0 Å². The number of ether oxygens (including phenoxy) is 2. The first-order valence-electron chi connectivity index (χ1n) is 7.57. The lowest BCUT2D eigenvalue weighted by atomic mass is 9.99. The van der Waals surface area contributed by atoms with Gasteiger partial charge in [-0.2, -0.15) is 4.98 Å². The fourth-order valence-corrected chi connectivity index (χ4v) is 2.18. The second-order valence-corrected chi connectivity index (χ2v) is 6.63. The summed E-state index contributed by atoms with van der Waals surface area (Å²) in [6.45, 7) is 9.34. The summed E-state index contributed by atoms with van der Waals surface area (Å²) >= 11 is 0. The van der Waals surface area contributed by atoms with Crippen molar-refractivity contribution in [1.82, 2.24) is 9.88 Å². The summed E-state index contributed by atoms with van der Waals surface area (Å²) in [5.41, 5.74) is -0.0119. The van der Waals surface area contributed by atoms with Gasteiger partial charge in [0.2, 0.25) is 5.88 Å². The maximum Gasteiger partial charge on any atom is 0.409 e. The van der Waals surface area contributed by atoms with E-state index in [1.807, 2.05) is 39.0 Å². The molecule has 0 N–H and O–H groups in total. The van der Waals surface area contributed by atoms with Crippen molar-refractivity contribution in [2.24, 2.45) is 5.41 Å². The smallest absolute Gasteiger partial charge is 0.409 e. The fourth-order valence-electron chi connectivity index (χ4n) is 2.18. The van der Waals surface area contributed by atoms with Crippen molar-refractivity contribution in [2.45, 2.75) is 20.8 Å². The van der Waals surface area contributed by atoms with E-state index in [1.54, 1.807) is 12.0 Å². The Morgan fingerprint density at radius 3 is 2.50 bits per heavy atom. The molecule has 0 bridgehead atoms. The molecule has 122 valence electrons. The average molecular weight is 307 g/mol. The van der Waals surface area contributed by atoms with E-state index in [4.69, 9.17) is 9.47 Å². The zero-order chi connectivity index (χ0) is 16.2. The van der Waals surface area contributed by atoms with E-state index in [1.165, 1.54) is 0 Å². The van der Waals surface area contributed by atoms with E-state index in [9.17, 15) is 4.79 Å². The number of carbonyl (C=O) groups is 1. The van der Waals surface area contributed by atoms with E-state index in [0.717, 1.165) is 18.9 Å². The molecule has 1 fully saturated rings. The van der Waals surface area contributed by atoms with E-state index in [2.05, 4.69) is 9.88 Å². The molecule has 1 saturated heterocycles. The number of methoxy groups -OCH3 is 1. The van der Waals surface area contributed by atoms with Crippen molar-refractivity contribution in [3.05, 3.63) is 18.2 Å². The van der Waals surface area contributed by atoms with Crippen molar-refractivity contribution < 1.29 is 14.3 Å². The number of hydrogen-bond donors (Lipinski definition) is 0. The van der Waals surface area contributed by atoms with E-state index in [0.29, 0.717) is 25.6 Å². The van der Waals surface area contributed by atoms with Gasteiger partial charge in [-0.15, -0.1) is 0 Å². The molecule has 1 aliphatic rings. The molecule has 2 heterocycles. The van der Waals surface area contributed by atoms with Gasteiger partial charge in [-0.25, -0.2) is 4.79 Å². The highest BCUT2D eigenvalue weighted by atomic mass is 16.6. The van der Waals surface area contributed by atoms with E-state index >= 15 is 0 Å². The number of aromatic nitrogens is 1. The van der Waals surface area contributed by atoms with Gasteiger partial charge < -0.3 is 19.3 Å². The molecule has 0 saturated carbocycles. The Kier molecular flexibility index (Phi) is 5.11. The zero-order valence-corrected chi connectivity index (χ0v) is 13.8. The van der Waals surface area contributed by atoms with Gasteiger partial charge in [-0.05, 0) is 11.5 Å². The van der Waals surface area contributed by atoms with Crippen LogP contribution in [0.5, 0.6) is 5.88 Å². The highest BCUT2D eigenvalue weighted by Gasteiger charge is 2.24. The van der Waals surface area contributed by atoms with Crippen LogP contribution in [0.1, 0.15) is 20.8 Å². The Morgan fingerprint density at radius 1 is 1.23 bits per heavy atom. The SMILES string of the molecule is COc1cccc(N2CCN(C(=O)OCC(C)(C)C)CC2)n1. The third-order valence-electron chi connectivity index (χ3n) is 3.41. The molecule has 0 atom stereocenters. The lowest BCUT2D eigenvalue weighted by Crippen LogP contribution is -2.49. The second kappa shape index (κ2) is 6.85. The van der Waals surface area contributed by atoms with Gasteiger partial charge in [0.25, 0.3) is 0 Å². The third kappa shape index (κ3) is 4.51. The van der Waals surface area contributed by atoms with Gasteiger partial charge in [-0.1, -0.05) is 26.8 Å². The molecule has 1 aromatic heterocycles.